The van der Waals surface area contributed by atoms with E-state index in [9.17, 15) is 4.39 Å². The molecule has 0 spiro atoms. The Hall–Kier alpha value is -1.95. The number of para-hydroxylation sites is 1. The Bertz CT molecular complexity index is 725. The predicted molar refractivity (Wildman–Crippen MR) is 105 cm³/mol. The first-order chi connectivity index (χ1) is 13.2. The molecule has 0 bridgehead atoms. The second-order valence-electron chi connectivity index (χ2n) is 7.22. The lowest BCUT2D eigenvalue weighted by molar-refractivity contribution is 0.105. The third-order valence-electron chi connectivity index (χ3n) is 5.20. The van der Waals surface area contributed by atoms with Crippen molar-refractivity contribution in [1.82, 2.24) is 9.80 Å². The molecule has 0 saturated carbocycles. The number of aliphatic hydroxyl groups is 1. The van der Waals surface area contributed by atoms with Gasteiger partial charge in [-0.1, -0.05) is 36.4 Å². The van der Waals surface area contributed by atoms with E-state index in [4.69, 9.17) is 9.84 Å². The lowest BCUT2D eigenvalue weighted by Gasteiger charge is -2.38. The van der Waals surface area contributed by atoms with E-state index in [-0.39, 0.29) is 12.4 Å². The Balaban J connectivity index is 1.60. The number of ether oxygens (including phenoxy) is 1. The molecule has 27 heavy (non-hydrogen) atoms. The van der Waals surface area contributed by atoms with Crippen molar-refractivity contribution in [2.24, 2.45) is 0 Å². The summed E-state index contributed by atoms with van der Waals surface area (Å²) >= 11 is 0. The van der Waals surface area contributed by atoms with Gasteiger partial charge in [0.1, 0.15) is 18.2 Å². The molecule has 0 aromatic heterocycles. The van der Waals surface area contributed by atoms with E-state index in [0.29, 0.717) is 19.2 Å². The fourth-order valence-corrected chi connectivity index (χ4v) is 3.73. The molecule has 5 heteroatoms. The smallest absolute Gasteiger partial charge is 0.127 e. The molecule has 1 saturated heterocycles. The fourth-order valence-electron chi connectivity index (χ4n) is 3.73. The first kappa shape index (κ1) is 19.8. The van der Waals surface area contributed by atoms with Gasteiger partial charge in [0, 0.05) is 36.8 Å². The van der Waals surface area contributed by atoms with Gasteiger partial charge in [0.15, 0.2) is 0 Å². The lowest BCUT2D eigenvalue weighted by atomic mass is 10.0. The summed E-state index contributed by atoms with van der Waals surface area (Å²) < 4.78 is 19.6. The lowest BCUT2D eigenvalue weighted by Crippen LogP contribution is -2.45. The van der Waals surface area contributed by atoms with Crippen LogP contribution in [0.4, 0.5) is 4.39 Å². The third-order valence-corrected chi connectivity index (χ3v) is 5.20. The van der Waals surface area contributed by atoms with E-state index in [2.05, 4.69) is 22.9 Å². The molecule has 0 amide bonds. The molecule has 1 N–H and O–H groups in total. The van der Waals surface area contributed by atoms with Crippen LogP contribution in [0.15, 0.2) is 48.5 Å². The second kappa shape index (κ2) is 9.83. The summed E-state index contributed by atoms with van der Waals surface area (Å²) in [4.78, 5) is 4.70. The number of hydrogen-bond donors (Lipinski definition) is 1. The molecule has 146 valence electrons. The van der Waals surface area contributed by atoms with E-state index < -0.39 is 0 Å². The summed E-state index contributed by atoms with van der Waals surface area (Å²) in [6.45, 7) is 3.71. The Labute approximate surface area is 161 Å². The van der Waals surface area contributed by atoms with Crippen molar-refractivity contribution in [3.8, 4) is 5.75 Å². The highest BCUT2D eigenvalue weighted by molar-refractivity contribution is 5.33. The van der Waals surface area contributed by atoms with Crippen molar-refractivity contribution < 1.29 is 14.2 Å². The minimum Gasteiger partial charge on any atom is -0.491 e. The molecular weight excluding hydrogens is 343 g/mol. The van der Waals surface area contributed by atoms with Crippen LogP contribution in [0.2, 0.25) is 0 Å². The van der Waals surface area contributed by atoms with Gasteiger partial charge in [-0.15, -0.1) is 0 Å². The summed E-state index contributed by atoms with van der Waals surface area (Å²) in [5.74, 6) is 0.709. The summed E-state index contributed by atoms with van der Waals surface area (Å²) in [7, 11) is 2.14. The normalized spacial score (nSPS) is 18.0. The van der Waals surface area contributed by atoms with Gasteiger partial charge in [0.2, 0.25) is 0 Å². The highest BCUT2D eigenvalue weighted by Crippen LogP contribution is 2.23. The minimum atomic E-state index is -0.122. The number of piperidine rings is 1. The zero-order valence-corrected chi connectivity index (χ0v) is 16.0. The van der Waals surface area contributed by atoms with E-state index in [1.807, 2.05) is 30.3 Å². The van der Waals surface area contributed by atoms with Gasteiger partial charge in [-0.05, 0) is 38.6 Å². The summed E-state index contributed by atoms with van der Waals surface area (Å²) in [5, 5.41) is 9.01. The van der Waals surface area contributed by atoms with Crippen molar-refractivity contribution in [3.63, 3.8) is 0 Å². The molecule has 4 nitrogen and oxygen atoms in total. The van der Waals surface area contributed by atoms with Gasteiger partial charge in [0.25, 0.3) is 0 Å². The van der Waals surface area contributed by atoms with Crippen LogP contribution in [0.3, 0.4) is 0 Å². The maximum absolute atomic E-state index is 14.0. The van der Waals surface area contributed by atoms with Gasteiger partial charge in [-0.2, -0.15) is 0 Å². The molecule has 1 heterocycles. The molecule has 0 radical (unpaired) electrons. The van der Waals surface area contributed by atoms with Crippen LogP contribution < -0.4 is 4.74 Å². The molecule has 1 aliphatic heterocycles. The molecule has 1 fully saturated rings. The number of hydrogen-bond acceptors (Lipinski definition) is 4. The number of nitrogens with zero attached hydrogens (tertiary/aromatic N) is 2. The maximum Gasteiger partial charge on any atom is 0.127 e. The van der Waals surface area contributed by atoms with Crippen LogP contribution >= 0.6 is 0 Å². The van der Waals surface area contributed by atoms with Crippen molar-refractivity contribution in [2.45, 2.75) is 32.0 Å². The molecular formula is C22H29FN2O2. The number of halogens is 1. The zero-order chi connectivity index (χ0) is 19.1. The Kier molecular flexibility index (Phi) is 7.21. The van der Waals surface area contributed by atoms with Gasteiger partial charge in [-0.3, -0.25) is 9.80 Å². The molecule has 2 aromatic rings. The molecule has 1 aliphatic rings. The van der Waals surface area contributed by atoms with Crippen molar-refractivity contribution >= 4 is 0 Å². The quantitative estimate of drug-likeness (QED) is 0.771. The Morgan fingerprint density at radius 3 is 2.67 bits per heavy atom. The summed E-state index contributed by atoms with van der Waals surface area (Å²) in [5.41, 5.74) is 1.89. The molecule has 1 atom stereocenters. The molecule has 2 aromatic carbocycles. The standard InChI is InChI=1S/C22H29FN2O2/c1-24(15-19-8-3-5-11-22(19)27-14-13-26)20-9-6-12-25(17-20)16-18-7-2-4-10-21(18)23/h2-5,7-8,10-11,20,26H,6,9,12-17H2,1H3. The number of likely N-dealkylation sites (N-methyl/N-ethyl adjacent to an activating group) is 1. The number of likely N-dealkylation sites (tertiary alicyclic amines) is 1. The predicted octanol–water partition coefficient (Wildman–Crippen LogP) is 3.29. The van der Waals surface area contributed by atoms with Crippen molar-refractivity contribution in [1.29, 1.82) is 0 Å². The van der Waals surface area contributed by atoms with Crippen LogP contribution in [-0.2, 0) is 13.1 Å². The van der Waals surface area contributed by atoms with E-state index in [1.54, 1.807) is 6.07 Å². The van der Waals surface area contributed by atoms with Gasteiger partial charge in [0.05, 0.1) is 6.61 Å². The topological polar surface area (TPSA) is 35.9 Å². The average molecular weight is 372 g/mol. The summed E-state index contributed by atoms with van der Waals surface area (Å²) in [6, 6.07) is 15.5. The number of benzene rings is 2. The minimum absolute atomic E-state index is 0.0117. The van der Waals surface area contributed by atoms with Crippen molar-refractivity contribution in [2.75, 3.05) is 33.4 Å². The average Bonchev–Trinajstić information content (AvgIpc) is 2.69. The first-order valence-corrected chi connectivity index (χ1v) is 9.65. The van der Waals surface area contributed by atoms with Crippen molar-refractivity contribution in [3.05, 3.63) is 65.5 Å². The monoisotopic (exact) mass is 372 g/mol. The Morgan fingerprint density at radius 2 is 1.89 bits per heavy atom. The van der Waals surface area contributed by atoms with Crippen LogP contribution in [0.25, 0.3) is 0 Å². The highest BCUT2D eigenvalue weighted by atomic mass is 19.1. The van der Waals surface area contributed by atoms with E-state index in [1.165, 1.54) is 6.07 Å². The molecule has 1 unspecified atom stereocenters. The van der Waals surface area contributed by atoms with Gasteiger partial charge >= 0.3 is 0 Å². The third kappa shape index (κ3) is 5.51. The summed E-state index contributed by atoms with van der Waals surface area (Å²) in [6.07, 6.45) is 2.26. The van der Waals surface area contributed by atoms with Gasteiger partial charge < -0.3 is 9.84 Å². The van der Waals surface area contributed by atoms with Crippen LogP contribution in [-0.4, -0.2) is 54.3 Å². The zero-order valence-electron chi connectivity index (χ0n) is 16.0. The number of rotatable bonds is 8. The van der Waals surface area contributed by atoms with Gasteiger partial charge in [-0.25, -0.2) is 4.39 Å². The maximum atomic E-state index is 14.0. The Morgan fingerprint density at radius 1 is 1.15 bits per heavy atom. The van der Waals surface area contributed by atoms with Crippen LogP contribution in [0.5, 0.6) is 5.75 Å². The highest BCUT2D eigenvalue weighted by Gasteiger charge is 2.24. The van der Waals surface area contributed by atoms with Crippen LogP contribution in [0, 0.1) is 5.82 Å². The molecule has 0 aliphatic carbocycles. The fraction of sp³-hybridized carbons (Fsp3) is 0.455. The van der Waals surface area contributed by atoms with E-state index >= 15 is 0 Å². The first-order valence-electron chi connectivity index (χ1n) is 9.65. The van der Waals surface area contributed by atoms with Crippen LogP contribution in [0.1, 0.15) is 24.0 Å². The van der Waals surface area contributed by atoms with E-state index in [0.717, 1.165) is 49.4 Å². The largest absolute Gasteiger partial charge is 0.491 e. The SMILES string of the molecule is CN(Cc1ccccc1OCCO)C1CCCN(Cc2ccccc2F)C1. The second-order valence-corrected chi connectivity index (χ2v) is 7.22. The number of aliphatic hydroxyl groups excluding tert-OH is 1. The molecule has 3 rings (SSSR count).